The summed E-state index contributed by atoms with van der Waals surface area (Å²) in [6.07, 6.45) is -0.291. The minimum Gasteiger partial charge on any atom is -0.444 e. The fraction of sp³-hybridized carbons (Fsp3) is 0.579. The van der Waals surface area contributed by atoms with Gasteiger partial charge in [-0.3, -0.25) is 9.20 Å². The number of halogens is 1. The monoisotopic (exact) mass is 522 g/mol. The molecule has 1 saturated heterocycles. The molecule has 0 radical (unpaired) electrons. The number of hydrogen-bond acceptors (Lipinski definition) is 4. The molecule has 1 aliphatic rings. The van der Waals surface area contributed by atoms with E-state index in [1.807, 2.05) is 58.0 Å². The summed E-state index contributed by atoms with van der Waals surface area (Å²) >= 11 is 0. The molecule has 0 aromatic heterocycles. The quantitative estimate of drug-likeness (QED) is 0.341. The van der Waals surface area contributed by atoms with E-state index in [1.54, 1.807) is 4.90 Å². The average molecular weight is 522 g/mol. The Balaban J connectivity index is 0.00000392. The van der Waals surface area contributed by atoms with Crippen LogP contribution in [0, 0.1) is 0 Å². The molecule has 1 aromatic rings. The Kier molecular flexibility index (Phi) is 10.2. The number of rotatable bonds is 6. The van der Waals surface area contributed by atoms with Gasteiger partial charge in [0.1, 0.15) is 5.60 Å². The van der Waals surface area contributed by atoms with E-state index in [0.29, 0.717) is 31.3 Å². The molecule has 1 heterocycles. The van der Waals surface area contributed by atoms with Gasteiger partial charge in [-0.25, -0.2) is 4.79 Å². The number of likely N-dealkylation sites (tertiary alicyclic amines) is 1. The van der Waals surface area contributed by atoms with Crippen LogP contribution in [0.3, 0.4) is 0 Å². The Labute approximate surface area is 187 Å². The van der Waals surface area contributed by atoms with Crippen LogP contribution in [0.4, 0.5) is 4.79 Å². The number of aliphatic imine (C=N–C) groups is 1. The molecule has 7 nitrogen and oxygen atoms in total. The van der Waals surface area contributed by atoms with Gasteiger partial charge in [-0.2, -0.15) is 0 Å². The van der Waals surface area contributed by atoms with Gasteiger partial charge in [-0.1, -0.05) is 18.2 Å². The van der Waals surface area contributed by atoms with Gasteiger partial charge in [-0.05, 0) is 39.8 Å². The van der Waals surface area contributed by atoms with Crippen molar-refractivity contribution < 1.29 is 13.7 Å². The molecule has 1 aromatic carbocycles. The van der Waals surface area contributed by atoms with Crippen LogP contribution in [0.15, 0.2) is 40.2 Å². The Hall–Kier alpha value is -1.36. The Morgan fingerprint density at radius 2 is 1.93 bits per heavy atom. The van der Waals surface area contributed by atoms with E-state index < -0.39 is 16.4 Å². The molecule has 0 spiro atoms. The lowest BCUT2D eigenvalue weighted by Gasteiger charge is -2.40. The zero-order valence-corrected chi connectivity index (χ0v) is 20.1. The van der Waals surface area contributed by atoms with Crippen LogP contribution >= 0.6 is 24.0 Å². The SMILES string of the molecule is CCNC(=NCCS(=O)c1ccccc1)NC1CN(C(=O)OC(C)(C)C)C1.I. The molecule has 0 bridgehead atoms. The van der Waals surface area contributed by atoms with Crippen LogP contribution in [-0.4, -0.2) is 64.7 Å². The zero-order chi connectivity index (χ0) is 19.9. The highest BCUT2D eigenvalue weighted by Gasteiger charge is 2.34. The summed E-state index contributed by atoms with van der Waals surface area (Å²) in [7, 11) is -1.06. The van der Waals surface area contributed by atoms with Crippen molar-refractivity contribution in [2.75, 3.05) is 31.9 Å². The van der Waals surface area contributed by atoms with Crippen molar-refractivity contribution in [2.24, 2.45) is 4.99 Å². The summed E-state index contributed by atoms with van der Waals surface area (Å²) in [6.45, 7) is 9.91. The number of benzene rings is 1. The summed E-state index contributed by atoms with van der Waals surface area (Å²) in [5.41, 5.74) is -0.486. The van der Waals surface area contributed by atoms with Crippen LogP contribution in [0.25, 0.3) is 0 Å². The first-order valence-electron chi connectivity index (χ1n) is 9.24. The topological polar surface area (TPSA) is 83.0 Å². The lowest BCUT2D eigenvalue weighted by atomic mass is 10.1. The molecule has 28 heavy (non-hydrogen) atoms. The number of hydrogen-bond donors (Lipinski definition) is 2. The number of carbonyl (C=O) groups is 1. The standard InChI is InChI=1S/C19H30N4O3S.HI/c1-5-20-17(21-11-12-27(25)16-9-7-6-8-10-16)22-15-13-23(14-15)18(24)26-19(2,3)4;/h6-10,15H,5,11-14H2,1-4H3,(H2,20,21,22);1H. The second-order valence-electron chi connectivity index (χ2n) is 7.35. The first-order valence-corrected chi connectivity index (χ1v) is 10.6. The summed E-state index contributed by atoms with van der Waals surface area (Å²) in [5, 5.41) is 6.49. The van der Waals surface area contributed by atoms with Crippen LogP contribution < -0.4 is 10.6 Å². The van der Waals surface area contributed by atoms with Crippen molar-refractivity contribution in [3.63, 3.8) is 0 Å². The number of nitrogens with zero attached hydrogens (tertiary/aromatic N) is 2. The van der Waals surface area contributed by atoms with Crippen molar-refractivity contribution in [2.45, 2.75) is 44.2 Å². The molecule has 1 aliphatic heterocycles. The smallest absolute Gasteiger partial charge is 0.410 e. The highest BCUT2D eigenvalue weighted by atomic mass is 127. The van der Waals surface area contributed by atoms with Crippen LogP contribution in [-0.2, 0) is 15.5 Å². The average Bonchev–Trinajstić information content (AvgIpc) is 2.56. The maximum atomic E-state index is 12.2. The molecule has 158 valence electrons. The molecule has 0 aliphatic carbocycles. The normalized spacial score (nSPS) is 15.9. The third-order valence-corrected chi connectivity index (χ3v) is 5.12. The van der Waals surface area contributed by atoms with Gasteiger partial charge >= 0.3 is 6.09 Å². The molecule has 9 heteroatoms. The summed E-state index contributed by atoms with van der Waals surface area (Å²) in [6, 6.07) is 9.54. The van der Waals surface area contributed by atoms with Gasteiger partial charge in [0.15, 0.2) is 5.96 Å². The Morgan fingerprint density at radius 3 is 2.50 bits per heavy atom. The van der Waals surface area contributed by atoms with Gasteiger partial charge in [-0.15, -0.1) is 24.0 Å². The fourth-order valence-corrected chi connectivity index (χ4v) is 3.44. The first kappa shape index (κ1) is 24.7. The second kappa shape index (κ2) is 11.6. The van der Waals surface area contributed by atoms with Gasteiger partial charge in [0.25, 0.3) is 0 Å². The van der Waals surface area contributed by atoms with E-state index in [0.717, 1.165) is 11.4 Å². The predicted octanol–water partition coefficient (Wildman–Crippen LogP) is 2.59. The Morgan fingerprint density at radius 1 is 1.29 bits per heavy atom. The van der Waals surface area contributed by atoms with Gasteiger partial charge in [0.05, 0.1) is 23.4 Å². The molecular formula is C19H31IN4O3S. The molecule has 1 amide bonds. The fourth-order valence-electron chi connectivity index (χ4n) is 2.49. The lowest BCUT2D eigenvalue weighted by molar-refractivity contribution is 0.00701. The van der Waals surface area contributed by atoms with Crippen molar-refractivity contribution in [3.05, 3.63) is 30.3 Å². The second-order valence-corrected chi connectivity index (χ2v) is 8.92. The zero-order valence-electron chi connectivity index (χ0n) is 16.9. The molecular weight excluding hydrogens is 491 g/mol. The van der Waals surface area contributed by atoms with E-state index in [4.69, 9.17) is 4.74 Å². The van der Waals surface area contributed by atoms with Gasteiger partial charge in [0, 0.05) is 30.3 Å². The van der Waals surface area contributed by atoms with Crippen molar-refractivity contribution >= 4 is 46.8 Å². The summed E-state index contributed by atoms with van der Waals surface area (Å²) in [5.74, 6) is 1.14. The highest BCUT2D eigenvalue weighted by Crippen LogP contribution is 2.15. The van der Waals surface area contributed by atoms with Gasteiger partial charge < -0.3 is 20.3 Å². The van der Waals surface area contributed by atoms with Crippen molar-refractivity contribution in [3.8, 4) is 0 Å². The first-order chi connectivity index (χ1) is 12.8. The van der Waals surface area contributed by atoms with Crippen molar-refractivity contribution in [1.82, 2.24) is 15.5 Å². The minimum absolute atomic E-state index is 0. The van der Waals surface area contributed by atoms with E-state index in [9.17, 15) is 9.00 Å². The van der Waals surface area contributed by atoms with E-state index >= 15 is 0 Å². The Bertz CT molecular complexity index is 674. The molecule has 0 saturated carbocycles. The minimum atomic E-state index is -1.06. The number of nitrogens with one attached hydrogen (secondary N) is 2. The molecule has 2 rings (SSSR count). The van der Waals surface area contributed by atoms with Gasteiger partial charge in [0.2, 0.25) is 0 Å². The summed E-state index contributed by atoms with van der Waals surface area (Å²) in [4.78, 5) is 19.0. The van der Waals surface area contributed by atoms with E-state index in [1.165, 1.54) is 0 Å². The maximum Gasteiger partial charge on any atom is 0.410 e. The number of carbonyl (C=O) groups excluding carboxylic acids is 1. The van der Waals surface area contributed by atoms with Crippen LogP contribution in [0.5, 0.6) is 0 Å². The largest absolute Gasteiger partial charge is 0.444 e. The molecule has 1 unspecified atom stereocenters. The molecule has 1 fully saturated rings. The van der Waals surface area contributed by atoms with Crippen LogP contribution in [0.1, 0.15) is 27.7 Å². The van der Waals surface area contributed by atoms with E-state index in [2.05, 4.69) is 15.6 Å². The number of guanidine groups is 1. The maximum absolute atomic E-state index is 12.2. The third kappa shape index (κ3) is 8.34. The van der Waals surface area contributed by atoms with E-state index in [-0.39, 0.29) is 36.1 Å². The third-order valence-electron chi connectivity index (χ3n) is 3.77. The molecule has 2 N–H and O–H groups in total. The van der Waals surface area contributed by atoms with Crippen molar-refractivity contribution in [1.29, 1.82) is 0 Å². The summed E-state index contributed by atoms with van der Waals surface area (Å²) < 4.78 is 17.6. The molecule has 1 atom stereocenters. The predicted molar refractivity (Wildman–Crippen MR) is 124 cm³/mol. The van der Waals surface area contributed by atoms with Crippen LogP contribution in [0.2, 0.25) is 0 Å². The number of amides is 1. The highest BCUT2D eigenvalue weighted by molar-refractivity contribution is 14.0. The lowest BCUT2D eigenvalue weighted by Crippen LogP contribution is -2.63. The number of ether oxygens (including phenoxy) is 1.